The Morgan fingerprint density at radius 1 is 1.54 bits per heavy atom. The van der Waals surface area contributed by atoms with Crippen molar-refractivity contribution in [1.29, 1.82) is 0 Å². The number of primary amides is 1. The van der Waals surface area contributed by atoms with E-state index in [9.17, 15) is 9.90 Å². The molecule has 134 valence electrons. The van der Waals surface area contributed by atoms with Crippen LogP contribution in [0.2, 0.25) is 0 Å². The smallest absolute Gasteiger partial charge is 0.284 e. The predicted octanol–water partition coefficient (Wildman–Crippen LogP) is 2.83. The van der Waals surface area contributed by atoms with Crippen LogP contribution in [-0.4, -0.2) is 35.6 Å². The number of aliphatic hydroxyl groups is 1. The van der Waals surface area contributed by atoms with Gasteiger partial charge >= 0.3 is 0 Å². The highest BCUT2D eigenvalue weighted by Gasteiger charge is 2.35. The Bertz CT molecular complexity index is 600. The average Bonchev–Trinajstić information content (AvgIpc) is 2.92. The third-order valence-corrected chi connectivity index (χ3v) is 4.78. The minimum absolute atomic E-state index is 0.113. The number of nitrogens with zero attached hydrogens (tertiary/aromatic N) is 1. The lowest BCUT2D eigenvalue weighted by Crippen LogP contribution is -2.44. The maximum Gasteiger partial charge on any atom is 0.284 e. The number of carbonyl (C=O) groups is 1. The molecule has 24 heavy (non-hydrogen) atoms. The molecule has 0 spiro atoms. The maximum absolute atomic E-state index is 11.5. The third kappa shape index (κ3) is 4.08. The number of nitrogens with two attached hydrogens (primary N) is 1. The summed E-state index contributed by atoms with van der Waals surface area (Å²) in [5.41, 5.74) is 6.08. The van der Waals surface area contributed by atoms with Crippen LogP contribution in [0.5, 0.6) is 0 Å². The second-order valence-corrected chi connectivity index (χ2v) is 8.04. The quantitative estimate of drug-likeness (QED) is 0.784. The van der Waals surface area contributed by atoms with Gasteiger partial charge in [0.2, 0.25) is 0 Å². The highest BCUT2D eigenvalue weighted by molar-refractivity contribution is 5.90. The molecule has 0 aromatic carbocycles. The molecule has 1 aromatic heterocycles. The Labute approximate surface area is 144 Å². The zero-order chi connectivity index (χ0) is 18.0. The Morgan fingerprint density at radius 2 is 2.25 bits per heavy atom. The third-order valence-electron chi connectivity index (χ3n) is 4.78. The lowest BCUT2D eigenvalue weighted by molar-refractivity contribution is 0.0305. The van der Waals surface area contributed by atoms with Gasteiger partial charge in [-0.1, -0.05) is 26.8 Å². The van der Waals surface area contributed by atoms with Crippen molar-refractivity contribution < 1.29 is 14.3 Å². The van der Waals surface area contributed by atoms with Crippen LogP contribution in [0, 0.1) is 5.41 Å². The zero-order valence-corrected chi connectivity index (χ0v) is 15.1. The van der Waals surface area contributed by atoms with Gasteiger partial charge in [-0.3, -0.25) is 9.69 Å². The topological polar surface area (TPSA) is 79.7 Å². The van der Waals surface area contributed by atoms with Gasteiger partial charge in [0.15, 0.2) is 5.76 Å². The maximum atomic E-state index is 11.5. The number of hydrogen-bond acceptors (Lipinski definition) is 4. The number of furan rings is 1. The van der Waals surface area contributed by atoms with E-state index in [4.69, 9.17) is 10.2 Å². The molecule has 5 heteroatoms. The van der Waals surface area contributed by atoms with E-state index in [0.29, 0.717) is 6.54 Å². The first-order valence-electron chi connectivity index (χ1n) is 8.58. The standard InChI is InChI=1S/C19H30N2O3/c1-5-7-19(13-22)8-6-9-21(12-19)11-14-10-15(17(20)23)24-16(14)18(2,3)4/h5,10,22H,1,6-9,11-13H2,2-4H3,(H2,20,23). The molecule has 0 radical (unpaired) electrons. The molecule has 1 amide bonds. The summed E-state index contributed by atoms with van der Waals surface area (Å²) in [6, 6.07) is 1.77. The molecule has 0 saturated carbocycles. The number of likely N-dealkylation sites (tertiary alicyclic amines) is 1. The molecular formula is C19H30N2O3. The monoisotopic (exact) mass is 334 g/mol. The van der Waals surface area contributed by atoms with Crippen molar-refractivity contribution in [2.24, 2.45) is 11.1 Å². The van der Waals surface area contributed by atoms with Crippen LogP contribution >= 0.6 is 0 Å². The van der Waals surface area contributed by atoms with Crippen LogP contribution in [-0.2, 0) is 12.0 Å². The van der Waals surface area contributed by atoms with Crippen LogP contribution in [0.4, 0.5) is 0 Å². The summed E-state index contributed by atoms with van der Waals surface area (Å²) in [6.07, 6.45) is 4.75. The van der Waals surface area contributed by atoms with E-state index < -0.39 is 5.91 Å². The Kier molecular flexibility index (Phi) is 5.56. The Hall–Kier alpha value is -1.59. The van der Waals surface area contributed by atoms with Crippen molar-refractivity contribution in [3.63, 3.8) is 0 Å². The molecule has 1 aliphatic heterocycles. The number of allylic oxidation sites excluding steroid dienone is 1. The summed E-state index contributed by atoms with van der Waals surface area (Å²) in [5.74, 6) is 0.480. The first-order valence-corrected chi connectivity index (χ1v) is 8.58. The number of carbonyl (C=O) groups excluding carboxylic acids is 1. The molecule has 3 N–H and O–H groups in total. The van der Waals surface area contributed by atoms with Crippen LogP contribution in [0.25, 0.3) is 0 Å². The Morgan fingerprint density at radius 3 is 2.79 bits per heavy atom. The van der Waals surface area contributed by atoms with Crippen molar-refractivity contribution in [2.45, 2.75) is 52.0 Å². The van der Waals surface area contributed by atoms with Crippen molar-refractivity contribution in [2.75, 3.05) is 19.7 Å². The average molecular weight is 334 g/mol. The summed E-state index contributed by atoms with van der Waals surface area (Å²) in [7, 11) is 0. The van der Waals surface area contributed by atoms with E-state index in [2.05, 4.69) is 32.3 Å². The summed E-state index contributed by atoms with van der Waals surface area (Å²) in [6.45, 7) is 12.7. The van der Waals surface area contributed by atoms with Gasteiger partial charge in [-0.2, -0.15) is 0 Å². The lowest BCUT2D eigenvalue weighted by atomic mass is 9.77. The van der Waals surface area contributed by atoms with Gasteiger partial charge in [-0.25, -0.2) is 0 Å². The molecule has 5 nitrogen and oxygen atoms in total. The fourth-order valence-corrected chi connectivity index (χ4v) is 3.65. The second-order valence-electron chi connectivity index (χ2n) is 8.04. The summed E-state index contributed by atoms with van der Waals surface area (Å²) in [4.78, 5) is 13.8. The molecule has 1 saturated heterocycles. The SMILES string of the molecule is C=CCC1(CO)CCCN(Cc2cc(C(N)=O)oc2C(C)(C)C)C1. The van der Waals surface area contributed by atoms with Gasteiger partial charge < -0.3 is 15.3 Å². The first-order chi connectivity index (χ1) is 11.2. The van der Waals surface area contributed by atoms with Gasteiger partial charge in [-0.15, -0.1) is 6.58 Å². The normalized spacial score (nSPS) is 22.5. The van der Waals surface area contributed by atoms with Gasteiger partial charge in [0.1, 0.15) is 5.76 Å². The second kappa shape index (κ2) is 7.11. The minimum atomic E-state index is -0.540. The molecule has 1 fully saturated rings. The van der Waals surface area contributed by atoms with Crippen molar-refractivity contribution >= 4 is 5.91 Å². The molecule has 1 unspecified atom stereocenters. The van der Waals surface area contributed by atoms with E-state index in [0.717, 1.165) is 43.7 Å². The summed E-state index contributed by atoms with van der Waals surface area (Å²) < 4.78 is 5.74. The van der Waals surface area contributed by atoms with Crippen LogP contribution in [0.3, 0.4) is 0 Å². The summed E-state index contributed by atoms with van der Waals surface area (Å²) in [5, 5.41) is 9.86. The highest BCUT2D eigenvalue weighted by Crippen LogP contribution is 2.36. The largest absolute Gasteiger partial charge is 0.455 e. The van der Waals surface area contributed by atoms with E-state index in [-0.39, 0.29) is 23.2 Å². The molecule has 2 heterocycles. The van der Waals surface area contributed by atoms with Gasteiger partial charge in [-0.05, 0) is 31.9 Å². The summed E-state index contributed by atoms with van der Waals surface area (Å²) >= 11 is 0. The Balaban J connectivity index is 2.23. The molecule has 0 aliphatic carbocycles. The van der Waals surface area contributed by atoms with Gasteiger partial charge in [0, 0.05) is 29.5 Å². The zero-order valence-electron chi connectivity index (χ0n) is 15.1. The van der Waals surface area contributed by atoms with E-state index >= 15 is 0 Å². The fraction of sp³-hybridized carbons (Fsp3) is 0.632. The van der Waals surface area contributed by atoms with Crippen LogP contribution in [0.15, 0.2) is 23.1 Å². The number of aliphatic hydroxyl groups excluding tert-OH is 1. The minimum Gasteiger partial charge on any atom is -0.455 e. The predicted molar refractivity (Wildman–Crippen MR) is 94.8 cm³/mol. The fourth-order valence-electron chi connectivity index (χ4n) is 3.65. The molecular weight excluding hydrogens is 304 g/mol. The van der Waals surface area contributed by atoms with E-state index in [1.165, 1.54) is 0 Å². The molecule has 2 rings (SSSR count). The van der Waals surface area contributed by atoms with E-state index in [1.807, 2.05) is 6.08 Å². The molecule has 1 aliphatic rings. The van der Waals surface area contributed by atoms with E-state index in [1.54, 1.807) is 6.07 Å². The van der Waals surface area contributed by atoms with Gasteiger partial charge in [0.05, 0.1) is 6.61 Å². The van der Waals surface area contributed by atoms with Crippen molar-refractivity contribution in [3.8, 4) is 0 Å². The molecule has 1 aromatic rings. The lowest BCUT2D eigenvalue weighted by Gasteiger charge is -2.41. The van der Waals surface area contributed by atoms with Crippen LogP contribution in [0.1, 0.15) is 61.9 Å². The van der Waals surface area contributed by atoms with Crippen molar-refractivity contribution in [3.05, 3.63) is 35.8 Å². The number of amides is 1. The first kappa shape index (κ1) is 18.7. The highest BCUT2D eigenvalue weighted by atomic mass is 16.4. The number of rotatable bonds is 6. The van der Waals surface area contributed by atoms with Crippen LogP contribution < -0.4 is 5.73 Å². The van der Waals surface area contributed by atoms with Gasteiger partial charge in [0.25, 0.3) is 5.91 Å². The van der Waals surface area contributed by atoms with Crippen molar-refractivity contribution in [1.82, 2.24) is 4.90 Å². The molecule has 1 atom stereocenters. The number of hydrogen-bond donors (Lipinski definition) is 2. The number of piperidine rings is 1. The molecule has 0 bridgehead atoms.